The molecule has 1 aliphatic carbocycles. The van der Waals surface area contributed by atoms with Crippen molar-refractivity contribution in [1.82, 2.24) is 15.0 Å². The van der Waals surface area contributed by atoms with Crippen LogP contribution in [-0.4, -0.2) is 15.0 Å². The SMILES string of the molecule is c1ccc(C2(c3ccccc3)c3ccccc3-c3c(-c4ccc(-c5nc(-c6ccc7ccccc7c6)nc(-c6ccc7ccccc7c6)n5)cc4)cccc32)cc1. The first-order chi connectivity index (χ1) is 28.2. The predicted molar refractivity (Wildman–Crippen MR) is 234 cm³/mol. The standard InChI is InChI=1S/C54H35N3/c1-3-18-44(19-4-1)54(45-20-5-2-6-21-45)48-24-12-11-22-47(48)50-46(23-13-25-49(50)54)38-28-30-39(31-29-38)51-55-52(42-32-26-36-14-7-9-16-40(36)34-42)57-53(56-51)43-33-27-37-15-8-10-17-41(37)35-43/h1-35H. The lowest BCUT2D eigenvalue weighted by Gasteiger charge is -2.34. The molecule has 57 heavy (non-hydrogen) atoms. The van der Waals surface area contributed by atoms with E-state index < -0.39 is 5.41 Å². The van der Waals surface area contributed by atoms with Crippen molar-refractivity contribution in [3.63, 3.8) is 0 Å². The summed E-state index contributed by atoms with van der Waals surface area (Å²) in [5.41, 5.74) is 12.4. The van der Waals surface area contributed by atoms with Crippen LogP contribution in [0, 0.1) is 0 Å². The molecule has 1 heterocycles. The Morgan fingerprint density at radius 2 is 0.702 bits per heavy atom. The number of nitrogens with zero attached hydrogens (tertiary/aromatic N) is 3. The van der Waals surface area contributed by atoms with Crippen LogP contribution in [0.3, 0.4) is 0 Å². The molecule has 1 aliphatic rings. The molecule has 0 N–H and O–H groups in total. The van der Waals surface area contributed by atoms with Gasteiger partial charge in [0.2, 0.25) is 0 Å². The molecular formula is C54H35N3. The highest BCUT2D eigenvalue weighted by molar-refractivity contribution is 5.96. The van der Waals surface area contributed by atoms with Crippen LogP contribution in [0.4, 0.5) is 0 Å². The van der Waals surface area contributed by atoms with Crippen LogP contribution in [0.15, 0.2) is 212 Å². The number of hydrogen-bond acceptors (Lipinski definition) is 3. The Balaban J connectivity index is 1.06. The third-order valence-corrected chi connectivity index (χ3v) is 11.6. The van der Waals surface area contributed by atoms with Crippen molar-refractivity contribution in [3.8, 4) is 56.4 Å². The first-order valence-electron chi connectivity index (χ1n) is 19.4. The molecular weight excluding hydrogens is 691 g/mol. The Morgan fingerprint density at radius 3 is 1.28 bits per heavy atom. The fourth-order valence-corrected chi connectivity index (χ4v) is 8.95. The normalized spacial score (nSPS) is 12.7. The summed E-state index contributed by atoms with van der Waals surface area (Å²) in [5, 5.41) is 4.66. The van der Waals surface area contributed by atoms with Gasteiger partial charge in [0.05, 0.1) is 5.41 Å². The van der Waals surface area contributed by atoms with Crippen molar-refractivity contribution in [3.05, 3.63) is 235 Å². The molecule has 0 unspecified atom stereocenters. The highest BCUT2D eigenvalue weighted by atomic mass is 15.0. The smallest absolute Gasteiger partial charge is 0.164 e. The van der Waals surface area contributed by atoms with Crippen molar-refractivity contribution >= 4 is 21.5 Å². The Bertz CT molecular complexity index is 2980. The second-order valence-corrected chi connectivity index (χ2v) is 14.8. The predicted octanol–water partition coefficient (Wildman–Crippen LogP) is 13.2. The number of rotatable bonds is 6. The lowest BCUT2D eigenvalue weighted by Crippen LogP contribution is -2.28. The van der Waals surface area contributed by atoms with Gasteiger partial charge >= 0.3 is 0 Å². The van der Waals surface area contributed by atoms with E-state index in [4.69, 9.17) is 15.0 Å². The molecule has 1 aromatic heterocycles. The van der Waals surface area contributed by atoms with Gasteiger partial charge in [-0.05, 0) is 78.2 Å². The van der Waals surface area contributed by atoms with Gasteiger partial charge in [-0.2, -0.15) is 0 Å². The Labute approximate surface area is 331 Å². The van der Waals surface area contributed by atoms with Crippen LogP contribution >= 0.6 is 0 Å². The molecule has 0 aliphatic heterocycles. The maximum absolute atomic E-state index is 5.12. The fraction of sp³-hybridized carbons (Fsp3) is 0.0185. The van der Waals surface area contributed by atoms with Gasteiger partial charge in [-0.15, -0.1) is 0 Å². The molecule has 0 fully saturated rings. The lowest BCUT2D eigenvalue weighted by molar-refractivity contribution is 0.768. The van der Waals surface area contributed by atoms with Crippen LogP contribution < -0.4 is 0 Å². The van der Waals surface area contributed by atoms with E-state index in [1.165, 1.54) is 49.7 Å². The number of fused-ring (bicyclic) bond motifs is 5. The zero-order valence-electron chi connectivity index (χ0n) is 31.0. The summed E-state index contributed by atoms with van der Waals surface area (Å²) in [6.07, 6.45) is 0. The molecule has 0 saturated heterocycles. The summed E-state index contributed by atoms with van der Waals surface area (Å²) in [4.78, 5) is 15.3. The molecule has 3 nitrogen and oxygen atoms in total. The maximum Gasteiger partial charge on any atom is 0.164 e. The van der Waals surface area contributed by atoms with Crippen molar-refractivity contribution in [2.45, 2.75) is 5.41 Å². The summed E-state index contributed by atoms with van der Waals surface area (Å²) < 4.78 is 0. The van der Waals surface area contributed by atoms with Gasteiger partial charge in [0.15, 0.2) is 17.5 Å². The van der Waals surface area contributed by atoms with Gasteiger partial charge in [-0.3, -0.25) is 0 Å². The molecule has 0 radical (unpaired) electrons. The largest absolute Gasteiger partial charge is 0.208 e. The average Bonchev–Trinajstić information content (AvgIpc) is 3.60. The van der Waals surface area contributed by atoms with E-state index in [0.29, 0.717) is 17.5 Å². The van der Waals surface area contributed by atoms with Gasteiger partial charge in [0.1, 0.15) is 0 Å². The first kappa shape index (κ1) is 32.9. The van der Waals surface area contributed by atoms with E-state index in [-0.39, 0.29) is 0 Å². The highest BCUT2D eigenvalue weighted by Crippen LogP contribution is 2.58. The summed E-state index contributed by atoms with van der Waals surface area (Å²) in [6.45, 7) is 0. The number of benzene rings is 9. The van der Waals surface area contributed by atoms with E-state index in [2.05, 4.69) is 212 Å². The molecule has 0 atom stereocenters. The van der Waals surface area contributed by atoms with E-state index in [1.807, 2.05) is 0 Å². The molecule has 9 aromatic carbocycles. The maximum atomic E-state index is 5.12. The second kappa shape index (κ2) is 13.4. The van der Waals surface area contributed by atoms with Crippen molar-refractivity contribution in [2.24, 2.45) is 0 Å². The third kappa shape index (κ3) is 5.39. The van der Waals surface area contributed by atoms with E-state index in [0.717, 1.165) is 33.0 Å². The molecule has 0 saturated carbocycles. The molecule has 10 aromatic rings. The Hall–Kier alpha value is -7.49. The quantitative estimate of drug-likeness (QED) is 0.171. The molecule has 0 amide bonds. The minimum absolute atomic E-state index is 0.451. The average molecular weight is 726 g/mol. The van der Waals surface area contributed by atoms with Crippen molar-refractivity contribution in [2.75, 3.05) is 0 Å². The molecule has 0 spiro atoms. The van der Waals surface area contributed by atoms with E-state index >= 15 is 0 Å². The Kier molecular flexibility index (Phi) is 7.71. The second-order valence-electron chi connectivity index (χ2n) is 14.8. The van der Waals surface area contributed by atoms with Gasteiger partial charge in [0.25, 0.3) is 0 Å². The molecule has 11 rings (SSSR count). The summed E-state index contributed by atoms with van der Waals surface area (Å²) >= 11 is 0. The van der Waals surface area contributed by atoms with Gasteiger partial charge < -0.3 is 0 Å². The minimum Gasteiger partial charge on any atom is -0.208 e. The van der Waals surface area contributed by atoms with Crippen molar-refractivity contribution in [1.29, 1.82) is 0 Å². The lowest BCUT2D eigenvalue weighted by atomic mass is 9.67. The first-order valence-corrected chi connectivity index (χ1v) is 19.4. The van der Waals surface area contributed by atoms with Gasteiger partial charge in [0, 0.05) is 16.7 Å². The summed E-state index contributed by atoms with van der Waals surface area (Å²) in [6, 6.07) is 76.0. The van der Waals surface area contributed by atoms with Crippen LogP contribution in [0.5, 0.6) is 0 Å². The van der Waals surface area contributed by atoms with Crippen molar-refractivity contribution < 1.29 is 0 Å². The van der Waals surface area contributed by atoms with Crippen LogP contribution in [0.1, 0.15) is 22.3 Å². The van der Waals surface area contributed by atoms with Gasteiger partial charge in [-0.1, -0.05) is 200 Å². The number of aromatic nitrogens is 3. The van der Waals surface area contributed by atoms with Crippen LogP contribution in [0.25, 0.3) is 78.0 Å². The zero-order chi connectivity index (χ0) is 37.8. The molecule has 3 heteroatoms. The minimum atomic E-state index is -0.451. The molecule has 0 bridgehead atoms. The van der Waals surface area contributed by atoms with E-state index in [1.54, 1.807) is 0 Å². The van der Waals surface area contributed by atoms with E-state index in [9.17, 15) is 0 Å². The summed E-state index contributed by atoms with van der Waals surface area (Å²) in [5.74, 6) is 1.93. The zero-order valence-corrected chi connectivity index (χ0v) is 31.0. The Morgan fingerprint density at radius 1 is 0.281 bits per heavy atom. The fourth-order valence-electron chi connectivity index (χ4n) is 8.95. The number of hydrogen-bond donors (Lipinski definition) is 0. The summed E-state index contributed by atoms with van der Waals surface area (Å²) in [7, 11) is 0. The third-order valence-electron chi connectivity index (χ3n) is 11.6. The highest BCUT2D eigenvalue weighted by Gasteiger charge is 2.46. The monoisotopic (exact) mass is 725 g/mol. The molecule has 266 valence electrons. The topological polar surface area (TPSA) is 38.7 Å². The van der Waals surface area contributed by atoms with Crippen LogP contribution in [-0.2, 0) is 5.41 Å². The van der Waals surface area contributed by atoms with Crippen LogP contribution in [0.2, 0.25) is 0 Å². The van der Waals surface area contributed by atoms with Gasteiger partial charge in [-0.25, -0.2) is 15.0 Å².